The van der Waals surface area contributed by atoms with E-state index < -0.39 is 0 Å². The van der Waals surface area contributed by atoms with Crippen molar-refractivity contribution in [2.45, 2.75) is 45.1 Å². The van der Waals surface area contributed by atoms with Gasteiger partial charge in [-0.15, -0.1) is 0 Å². The van der Waals surface area contributed by atoms with Crippen molar-refractivity contribution in [3.8, 4) is 5.69 Å². The summed E-state index contributed by atoms with van der Waals surface area (Å²) in [5, 5.41) is 8.09. The topological polar surface area (TPSA) is 29.9 Å². The largest absolute Gasteiger partial charge is 0.312 e. The summed E-state index contributed by atoms with van der Waals surface area (Å²) >= 11 is 0. The first-order valence-electron chi connectivity index (χ1n) is 7.63. The highest BCUT2D eigenvalue weighted by Gasteiger charge is 2.12. The molecule has 0 saturated heterocycles. The number of unbranched alkanes of at least 4 members (excludes halogenated alkanes) is 3. The zero-order valence-corrected chi connectivity index (χ0v) is 12.5. The summed E-state index contributed by atoms with van der Waals surface area (Å²) in [7, 11) is 2.02. The highest BCUT2D eigenvalue weighted by molar-refractivity contribution is 5.30. The maximum Gasteiger partial charge on any atom is 0.0798 e. The number of para-hydroxylation sites is 1. The van der Waals surface area contributed by atoms with Crippen LogP contribution in [0, 0.1) is 0 Å². The molecule has 0 radical (unpaired) electrons. The minimum atomic E-state index is 0.358. The Hall–Kier alpha value is -1.61. The molecule has 1 N–H and O–H groups in total. The van der Waals surface area contributed by atoms with Crippen molar-refractivity contribution < 1.29 is 0 Å². The summed E-state index contributed by atoms with van der Waals surface area (Å²) in [6.45, 7) is 2.25. The van der Waals surface area contributed by atoms with Gasteiger partial charge in [-0.1, -0.05) is 50.8 Å². The van der Waals surface area contributed by atoms with E-state index in [2.05, 4.69) is 30.4 Å². The lowest BCUT2D eigenvalue weighted by atomic mass is 10.1. The van der Waals surface area contributed by atoms with Gasteiger partial charge in [0, 0.05) is 6.20 Å². The van der Waals surface area contributed by atoms with Crippen LogP contribution in [0.3, 0.4) is 0 Å². The van der Waals surface area contributed by atoms with Gasteiger partial charge < -0.3 is 5.32 Å². The van der Waals surface area contributed by atoms with E-state index in [0.29, 0.717) is 6.04 Å². The van der Waals surface area contributed by atoms with E-state index in [-0.39, 0.29) is 0 Å². The van der Waals surface area contributed by atoms with Gasteiger partial charge in [-0.05, 0) is 31.7 Å². The molecule has 3 nitrogen and oxygen atoms in total. The van der Waals surface area contributed by atoms with Crippen molar-refractivity contribution in [1.82, 2.24) is 15.1 Å². The molecule has 1 atom stereocenters. The van der Waals surface area contributed by atoms with E-state index in [0.717, 1.165) is 17.8 Å². The minimum absolute atomic E-state index is 0.358. The van der Waals surface area contributed by atoms with Crippen molar-refractivity contribution >= 4 is 0 Å². The van der Waals surface area contributed by atoms with Crippen LogP contribution in [0.15, 0.2) is 42.6 Å². The molecule has 1 aromatic heterocycles. The lowest BCUT2D eigenvalue weighted by Crippen LogP contribution is -2.17. The van der Waals surface area contributed by atoms with E-state index in [1.807, 2.05) is 36.1 Å². The third-order valence-corrected chi connectivity index (χ3v) is 3.68. The third-order valence-electron chi connectivity index (χ3n) is 3.68. The summed E-state index contributed by atoms with van der Waals surface area (Å²) in [6.07, 6.45) is 8.39. The molecule has 2 rings (SSSR count). The van der Waals surface area contributed by atoms with E-state index in [9.17, 15) is 0 Å². The van der Waals surface area contributed by atoms with Crippen molar-refractivity contribution in [1.29, 1.82) is 0 Å². The molecular formula is C17H25N3. The first kappa shape index (κ1) is 14.8. The average molecular weight is 271 g/mol. The van der Waals surface area contributed by atoms with E-state index >= 15 is 0 Å². The second-order valence-corrected chi connectivity index (χ2v) is 5.21. The van der Waals surface area contributed by atoms with E-state index in [4.69, 9.17) is 5.10 Å². The highest BCUT2D eigenvalue weighted by Crippen LogP contribution is 2.19. The van der Waals surface area contributed by atoms with Gasteiger partial charge in [0.05, 0.1) is 17.4 Å². The predicted octanol–water partition coefficient (Wildman–Crippen LogP) is 4.10. The Morgan fingerprint density at radius 1 is 1.10 bits per heavy atom. The van der Waals surface area contributed by atoms with Crippen molar-refractivity contribution in [2.24, 2.45) is 0 Å². The van der Waals surface area contributed by atoms with Gasteiger partial charge in [0.25, 0.3) is 0 Å². The molecule has 1 heterocycles. The number of nitrogens with zero attached hydrogens (tertiary/aromatic N) is 2. The summed E-state index contributed by atoms with van der Waals surface area (Å²) in [4.78, 5) is 0. The third kappa shape index (κ3) is 3.94. The van der Waals surface area contributed by atoms with Crippen molar-refractivity contribution in [2.75, 3.05) is 7.05 Å². The highest BCUT2D eigenvalue weighted by atomic mass is 15.3. The van der Waals surface area contributed by atoms with Gasteiger partial charge in [0.1, 0.15) is 0 Å². The molecule has 108 valence electrons. The Kier molecular flexibility index (Phi) is 5.81. The van der Waals surface area contributed by atoms with Crippen molar-refractivity contribution in [3.05, 3.63) is 48.3 Å². The SMILES string of the molecule is CCCCCCC(NC)c1ccn(-c2ccccc2)n1. The molecular weight excluding hydrogens is 246 g/mol. The number of aromatic nitrogens is 2. The van der Waals surface area contributed by atoms with Crippen LogP contribution in [-0.2, 0) is 0 Å². The summed E-state index contributed by atoms with van der Waals surface area (Å²) in [5.41, 5.74) is 2.24. The molecule has 0 spiro atoms. The van der Waals surface area contributed by atoms with Crippen LogP contribution >= 0.6 is 0 Å². The van der Waals surface area contributed by atoms with Crippen LogP contribution in [-0.4, -0.2) is 16.8 Å². The van der Waals surface area contributed by atoms with E-state index in [1.165, 1.54) is 25.7 Å². The molecule has 20 heavy (non-hydrogen) atoms. The maximum atomic E-state index is 4.70. The summed E-state index contributed by atoms with van der Waals surface area (Å²) in [5.74, 6) is 0. The maximum absolute atomic E-state index is 4.70. The zero-order chi connectivity index (χ0) is 14.2. The van der Waals surface area contributed by atoms with E-state index in [1.54, 1.807) is 0 Å². The fourth-order valence-electron chi connectivity index (χ4n) is 2.46. The number of benzene rings is 1. The summed E-state index contributed by atoms with van der Waals surface area (Å²) < 4.78 is 1.95. The number of nitrogens with one attached hydrogen (secondary N) is 1. The summed E-state index contributed by atoms with van der Waals surface area (Å²) in [6, 6.07) is 12.7. The minimum Gasteiger partial charge on any atom is -0.312 e. The van der Waals surface area contributed by atoms with Crippen LogP contribution in [0.4, 0.5) is 0 Å². The van der Waals surface area contributed by atoms with Crippen LogP contribution in [0.25, 0.3) is 5.69 Å². The fourth-order valence-corrected chi connectivity index (χ4v) is 2.46. The molecule has 0 amide bonds. The second kappa shape index (κ2) is 7.85. The number of hydrogen-bond acceptors (Lipinski definition) is 2. The first-order valence-corrected chi connectivity index (χ1v) is 7.63. The Balaban J connectivity index is 1.99. The molecule has 3 heteroatoms. The molecule has 1 aromatic carbocycles. The Labute approximate surface area is 122 Å². The molecule has 0 aliphatic carbocycles. The lowest BCUT2D eigenvalue weighted by molar-refractivity contribution is 0.492. The van der Waals surface area contributed by atoms with Gasteiger partial charge in [-0.3, -0.25) is 0 Å². The van der Waals surface area contributed by atoms with Gasteiger partial charge in [-0.2, -0.15) is 5.10 Å². The Morgan fingerprint density at radius 3 is 2.60 bits per heavy atom. The quantitative estimate of drug-likeness (QED) is 0.732. The predicted molar refractivity (Wildman–Crippen MR) is 84.1 cm³/mol. The second-order valence-electron chi connectivity index (χ2n) is 5.21. The fraction of sp³-hybridized carbons (Fsp3) is 0.471. The van der Waals surface area contributed by atoms with Crippen LogP contribution in [0.2, 0.25) is 0 Å². The molecule has 0 aliphatic heterocycles. The molecule has 0 bridgehead atoms. The zero-order valence-electron chi connectivity index (χ0n) is 12.5. The first-order chi connectivity index (χ1) is 9.85. The normalized spacial score (nSPS) is 12.5. The monoisotopic (exact) mass is 271 g/mol. The standard InChI is InChI=1S/C17H25N3/c1-3-4-5-9-12-16(18-2)17-13-14-20(19-17)15-10-7-6-8-11-15/h6-8,10-11,13-14,16,18H,3-5,9,12H2,1-2H3. The van der Waals surface area contributed by atoms with Gasteiger partial charge in [0.15, 0.2) is 0 Å². The van der Waals surface area contributed by atoms with Crippen LogP contribution < -0.4 is 5.32 Å². The van der Waals surface area contributed by atoms with Gasteiger partial charge in [-0.25, -0.2) is 4.68 Å². The molecule has 0 aliphatic rings. The van der Waals surface area contributed by atoms with Crippen molar-refractivity contribution in [3.63, 3.8) is 0 Å². The number of hydrogen-bond donors (Lipinski definition) is 1. The van der Waals surface area contributed by atoms with Gasteiger partial charge in [0.2, 0.25) is 0 Å². The smallest absolute Gasteiger partial charge is 0.0798 e. The van der Waals surface area contributed by atoms with Crippen LogP contribution in [0.1, 0.15) is 50.8 Å². The molecule has 0 fully saturated rings. The Bertz CT molecular complexity index is 490. The Morgan fingerprint density at radius 2 is 1.90 bits per heavy atom. The lowest BCUT2D eigenvalue weighted by Gasteiger charge is -2.13. The molecule has 0 saturated carbocycles. The van der Waals surface area contributed by atoms with Gasteiger partial charge >= 0.3 is 0 Å². The van der Waals surface area contributed by atoms with Crippen LogP contribution in [0.5, 0.6) is 0 Å². The average Bonchev–Trinajstić information content (AvgIpc) is 2.98. The molecule has 2 aromatic rings. The molecule has 1 unspecified atom stereocenters. The number of rotatable bonds is 8.